The zero-order valence-corrected chi connectivity index (χ0v) is 14.6. The van der Waals surface area contributed by atoms with Crippen molar-refractivity contribution in [1.82, 2.24) is 5.32 Å². The van der Waals surface area contributed by atoms with E-state index < -0.39 is 0 Å². The summed E-state index contributed by atoms with van der Waals surface area (Å²) < 4.78 is 5.90. The van der Waals surface area contributed by atoms with Crippen molar-refractivity contribution >= 4 is 5.91 Å². The lowest BCUT2D eigenvalue weighted by Gasteiger charge is -2.31. The second-order valence-electron chi connectivity index (χ2n) is 7.73. The van der Waals surface area contributed by atoms with Gasteiger partial charge in [0.05, 0.1) is 0 Å². The van der Waals surface area contributed by atoms with Crippen LogP contribution >= 0.6 is 0 Å². The van der Waals surface area contributed by atoms with Crippen LogP contribution in [-0.4, -0.2) is 11.9 Å². The van der Waals surface area contributed by atoms with Crippen molar-refractivity contribution in [3.8, 4) is 5.75 Å². The number of carbonyl (C=O) groups is 1. The first-order chi connectivity index (χ1) is 11.4. The molecule has 1 unspecified atom stereocenters. The van der Waals surface area contributed by atoms with Gasteiger partial charge >= 0.3 is 0 Å². The van der Waals surface area contributed by atoms with Crippen LogP contribution in [0, 0.1) is 5.41 Å². The molecular formula is C21H25NO2. The van der Waals surface area contributed by atoms with E-state index in [0.717, 1.165) is 35.3 Å². The second kappa shape index (κ2) is 6.68. The largest absolute Gasteiger partial charge is 0.489 e. The van der Waals surface area contributed by atoms with Crippen molar-refractivity contribution < 1.29 is 9.53 Å². The zero-order chi connectivity index (χ0) is 17.2. The van der Waals surface area contributed by atoms with Crippen molar-refractivity contribution in [3.63, 3.8) is 0 Å². The lowest BCUT2D eigenvalue weighted by Crippen LogP contribution is -2.43. The van der Waals surface area contributed by atoms with E-state index in [9.17, 15) is 4.79 Å². The molecule has 126 valence electrons. The van der Waals surface area contributed by atoms with Gasteiger partial charge < -0.3 is 10.1 Å². The second-order valence-corrected chi connectivity index (χ2v) is 7.73. The summed E-state index contributed by atoms with van der Waals surface area (Å²) in [7, 11) is 0. The molecule has 1 atom stereocenters. The molecule has 1 N–H and O–H groups in total. The van der Waals surface area contributed by atoms with Crippen LogP contribution in [0.3, 0.4) is 0 Å². The molecule has 0 saturated heterocycles. The van der Waals surface area contributed by atoms with Crippen molar-refractivity contribution in [3.05, 3.63) is 65.2 Å². The molecule has 0 bridgehead atoms. The Morgan fingerprint density at radius 2 is 1.88 bits per heavy atom. The molecule has 0 fully saturated rings. The monoisotopic (exact) mass is 323 g/mol. The zero-order valence-electron chi connectivity index (χ0n) is 14.6. The number of benzene rings is 2. The van der Waals surface area contributed by atoms with Crippen molar-refractivity contribution in [2.45, 2.75) is 46.3 Å². The number of hydrogen-bond donors (Lipinski definition) is 1. The van der Waals surface area contributed by atoms with Gasteiger partial charge in [-0.3, -0.25) is 4.79 Å². The number of hydrogen-bond acceptors (Lipinski definition) is 2. The van der Waals surface area contributed by atoms with Crippen LogP contribution in [0.4, 0.5) is 0 Å². The molecule has 0 saturated carbocycles. The molecule has 1 heterocycles. The van der Waals surface area contributed by atoms with Crippen LogP contribution in [0.1, 0.15) is 48.7 Å². The van der Waals surface area contributed by atoms with E-state index in [2.05, 4.69) is 26.1 Å². The molecule has 0 aromatic heterocycles. The molecule has 24 heavy (non-hydrogen) atoms. The maximum atomic E-state index is 12.3. The molecule has 0 radical (unpaired) electrons. The van der Waals surface area contributed by atoms with Gasteiger partial charge in [-0.2, -0.15) is 0 Å². The van der Waals surface area contributed by atoms with Gasteiger partial charge in [0.25, 0.3) is 5.91 Å². The molecule has 2 aromatic rings. The molecule has 0 aliphatic carbocycles. The fraction of sp³-hybridized carbons (Fsp3) is 0.381. The van der Waals surface area contributed by atoms with E-state index in [1.165, 1.54) is 0 Å². The van der Waals surface area contributed by atoms with Crippen LogP contribution in [0.5, 0.6) is 5.75 Å². The SMILES string of the molecule is CC(C)(C)CC1Cc2cc(OCc3ccccc3)ccc2C(=O)N1. The minimum atomic E-state index is 0.0279. The van der Waals surface area contributed by atoms with Gasteiger partial charge in [-0.25, -0.2) is 0 Å². The standard InChI is InChI=1S/C21H25NO2/c1-21(2,3)13-17-11-16-12-18(9-10-19(16)20(23)22-17)24-14-15-7-5-4-6-8-15/h4-10,12,17H,11,13-14H2,1-3H3,(H,22,23). The Morgan fingerprint density at radius 3 is 2.58 bits per heavy atom. The van der Waals surface area contributed by atoms with Gasteiger partial charge in [-0.05, 0) is 47.6 Å². The van der Waals surface area contributed by atoms with Gasteiger partial charge in [-0.1, -0.05) is 51.1 Å². The van der Waals surface area contributed by atoms with Gasteiger partial charge in [0.2, 0.25) is 0 Å². The molecule has 3 nitrogen and oxygen atoms in total. The summed E-state index contributed by atoms with van der Waals surface area (Å²) in [6.07, 6.45) is 1.83. The Labute approximate surface area is 144 Å². The number of amides is 1. The molecule has 2 aromatic carbocycles. The number of nitrogens with one attached hydrogen (secondary N) is 1. The predicted molar refractivity (Wildman–Crippen MR) is 96.2 cm³/mol. The first-order valence-corrected chi connectivity index (χ1v) is 8.51. The Morgan fingerprint density at radius 1 is 1.12 bits per heavy atom. The summed E-state index contributed by atoms with van der Waals surface area (Å²) in [6.45, 7) is 7.15. The van der Waals surface area contributed by atoms with Crippen LogP contribution < -0.4 is 10.1 Å². The van der Waals surface area contributed by atoms with E-state index >= 15 is 0 Å². The highest BCUT2D eigenvalue weighted by molar-refractivity contribution is 5.97. The number of rotatable bonds is 4. The third-order valence-corrected chi connectivity index (χ3v) is 4.23. The average molecular weight is 323 g/mol. The Balaban J connectivity index is 1.72. The lowest BCUT2D eigenvalue weighted by molar-refractivity contribution is 0.0913. The topological polar surface area (TPSA) is 38.3 Å². The van der Waals surface area contributed by atoms with Crippen molar-refractivity contribution in [2.24, 2.45) is 5.41 Å². The van der Waals surface area contributed by atoms with Crippen molar-refractivity contribution in [1.29, 1.82) is 0 Å². The van der Waals surface area contributed by atoms with E-state index in [1.54, 1.807) is 0 Å². The van der Waals surface area contributed by atoms with Crippen LogP contribution in [0.2, 0.25) is 0 Å². The summed E-state index contributed by atoms with van der Waals surface area (Å²) in [5.74, 6) is 0.849. The normalized spacial score (nSPS) is 17.1. The van der Waals surface area contributed by atoms with E-state index in [-0.39, 0.29) is 17.4 Å². The maximum Gasteiger partial charge on any atom is 0.251 e. The van der Waals surface area contributed by atoms with Gasteiger partial charge in [0, 0.05) is 11.6 Å². The molecule has 1 aliphatic rings. The van der Waals surface area contributed by atoms with Crippen molar-refractivity contribution in [2.75, 3.05) is 0 Å². The predicted octanol–water partition coefficient (Wildman–Crippen LogP) is 4.36. The highest BCUT2D eigenvalue weighted by Gasteiger charge is 2.27. The van der Waals surface area contributed by atoms with Crippen LogP contribution in [0.15, 0.2) is 48.5 Å². The third-order valence-electron chi connectivity index (χ3n) is 4.23. The van der Waals surface area contributed by atoms with Gasteiger partial charge in [0.1, 0.15) is 12.4 Å². The Hall–Kier alpha value is -2.29. The van der Waals surface area contributed by atoms with Crippen LogP contribution in [-0.2, 0) is 13.0 Å². The van der Waals surface area contributed by atoms with Gasteiger partial charge in [-0.15, -0.1) is 0 Å². The molecule has 1 amide bonds. The minimum absolute atomic E-state index is 0.0279. The van der Waals surface area contributed by atoms with E-state index in [1.807, 2.05) is 48.5 Å². The highest BCUT2D eigenvalue weighted by atomic mass is 16.5. The summed E-state index contributed by atoms with van der Waals surface area (Å²) in [4.78, 5) is 12.3. The van der Waals surface area contributed by atoms with E-state index in [4.69, 9.17) is 4.74 Å². The Bertz CT molecular complexity index is 716. The number of fused-ring (bicyclic) bond motifs is 1. The first kappa shape index (κ1) is 16.6. The first-order valence-electron chi connectivity index (χ1n) is 8.51. The number of ether oxygens (including phenoxy) is 1. The summed E-state index contributed by atoms with van der Waals surface area (Å²) >= 11 is 0. The quantitative estimate of drug-likeness (QED) is 0.908. The lowest BCUT2D eigenvalue weighted by atomic mass is 9.83. The average Bonchev–Trinajstić information content (AvgIpc) is 2.52. The van der Waals surface area contributed by atoms with Gasteiger partial charge in [0.15, 0.2) is 0 Å². The molecular weight excluding hydrogens is 298 g/mol. The summed E-state index contributed by atoms with van der Waals surface area (Å²) in [5.41, 5.74) is 3.18. The molecule has 0 spiro atoms. The third kappa shape index (κ3) is 4.16. The molecule has 3 rings (SSSR count). The maximum absolute atomic E-state index is 12.3. The number of carbonyl (C=O) groups excluding carboxylic acids is 1. The molecule has 1 aliphatic heterocycles. The fourth-order valence-electron chi connectivity index (χ4n) is 3.23. The summed E-state index contributed by atoms with van der Waals surface area (Å²) in [6, 6.07) is 16.1. The van der Waals surface area contributed by atoms with E-state index in [0.29, 0.717) is 6.61 Å². The van der Waals surface area contributed by atoms with Crippen LogP contribution in [0.25, 0.3) is 0 Å². The summed E-state index contributed by atoms with van der Waals surface area (Å²) in [5, 5.41) is 3.13. The minimum Gasteiger partial charge on any atom is -0.489 e. The highest BCUT2D eigenvalue weighted by Crippen LogP contribution is 2.28. The fourth-order valence-corrected chi connectivity index (χ4v) is 3.23. The Kier molecular flexibility index (Phi) is 4.61. The molecule has 3 heteroatoms. The smallest absolute Gasteiger partial charge is 0.251 e.